The zero-order valence-electron chi connectivity index (χ0n) is 14.9. The molecule has 1 saturated heterocycles. The second kappa shape index (κ2) is 7.32. The summed E-state index contributed by atoms with van der Waals surface area (Å²) in [6.45, 7) is 3.73. The van der Waals surface area contributed by atoms with Gasteiger partial charge in [-0.15, -0.1) is 11.3 Å². The van der Waals surface area contributed by atoms with Crippen molar-refractivity contribution in [1.29, 1.82) is 0 Å². The van der Waals surface area contributed by atoms with E-state index in [1.165, 1.54) is 11.1 Å². The number of ether oxygens (including phenoxy) is 1. The second-order valence-corrected chi connectivity index (χ2v) is 7.71. The molecule has 1 aromatic carbocycles. The van der Waals surface area contributed by atoms with Gasteiger partial charge in [-0.05, 0) is 6.92 Å². The van der Waals surface area contributed by atoms with Gasteiger partial charge >= 0.3 is 0 Å². The van der Waals surface area contributed by atoms with Crippen molar-refractivity contribution >= 4 is 27.5 Å². The SMILES string of the molecule is CNc1ncc(CN2CC(Oc3cnc4cc(F)c(F)cc4n3)CC2C)s1. The quantitative estimate of drug-likeness (QED) is 0.719. The Morgan fingerprint density at radius 3 is 2.74 bits per heavy atom. The minimum Gasteiger partial charge on any atom is -0.472 e. The summed E-state index contributed by atoms with van der Waals surface area (Å²) in [5.41, 5.74) is 0.576. The number of nitrogens with one attached hydrogen (secondary N) is 1. The number of halogens is 2. The van der Waals surface area contributed by atoms with Gasteiger partial charge in [0.1, 0.15) is 6.10 Å². The van der Waals surface area contributed by atoms with Gasteiger partial charge in [0, 0.05) is 55.8 Å². The molecular weight excluding hydrogens is 372 g/mol. The van der Waals surface area contributed by atoms with Gasteiger partial charge in [-0.3, -0.25) is 4.90 Å². The zero-order chi connectivity index (χ0) is 19.0. The lowest BCUT2D eigenvalue weighted by Gasteiger charge is -2.19. The van der Waals surface area contributed by atoms with Crippen molar-refractivity contribution in [2.75, 3.05) is 18.9 Å². The van der Waals surface area contributed by atoms with Crippen molar-refractivity contribution in [3.63, 3.8) is 0 Å². The minimum absolute atomic E-state index is 0.0336. The maximum Gasteiger partial charge on any atom is 0.233 e. The molecule has 3 heterocycles. The smallest absolute Gasteiger partial charge is 0.233 e. The summed E-state index contributed by atoms with van der Waals surface area (Å²) in [5, 5.41) is 3.95. The fourth-order valence-corrected chi connectivity index (χ4v) is 4.06. The summed E-state index contributed by atoms with van der Waals surface area (Å²) in [4.78, 5) is 16.2. The highest BCUT2D eigenvalue weighted by Gasteiger charge is 2.31. The van der Waals surface area contributed by atoms with Crippen LogP contribution in [0.2, 0.25) is 0 Å². The average molecular weight is 391 g/mol. The topological polar surface area (TPSA) is 63.2 Å². The first-order chi connectivity index (χ1) is 13.0. The number of thiazole rings is 1. The molecule has 142 valence electrons. The number of anilines is 1. The van der Waals surface area contributed by atoms with Crippen LogP contribution in [-0.2, 0) is 6.54 Å². The van der Waals surface area contributed by atoms with Gasteiger partial charge in [-0.2, -0.15) is 0 Å². The number of nitrogens with zero attached hydrogens (tertiary/aromatic N) is 4. The molecule has 9 heteroatoms. The highest BCUT2D eigenvalue weighted by atomic mass is 32.1. The van der Waals surface area contributed by atoms with Gasteiger partial charge in [-0.25, -0.2) is 23.7 Å². The molecule has 2 unspecified atom stereocenters. The van der Waals surface area contributed by atoms with Crippen LogP contribution in [0, 0.1) is 11.6 Å². The van der Waals surface area contributed by atoms with Crippen molar-refractivity contribution < 1.29 is 13.5 Å². The third kappa shape index (κ3) is 3.84. The molecule has 1 N–H and O–H groups in total. The van der Waals surface area contributed by atoms with Crippen LogP contribution in [0.25, 0.3) is 11.0 Å². The standard InChI is InChI=1S/C18H19F2N5OS/c1-10-3-11(8-25(10)9-12-6-23-18(21-2)27-12)26-17-7-22-15-4-13(19)14(20)5-16(15)24-17/h4-7,10-11H,3,8-9H2,1-2H3,(H,21,23). The fourth-order valence-electron chi connectivity index (χ4n) is 3.27. The Morgan fingerprint density at radius 1 is 1.22 bits per heavy atom. The van der Waals surface area contributed by atoms with E-state index in [2.05, 4.69) is 32.1 Å². The van der Waals surface area contributed by atoms with E-state index < -0.39 is 11.6 Å². The van der Waals surface area contributed by atoms with Crippen molar-refractivity contribution in [1.82, 2.24) is 19.9 Å². The number of hydrogen-bond donors (Lipinski definition) is 1. The molecule has 0 saturated carbocycles. The Morgan fingerprint density at radius 2 is 2.00 bits per heavy atom. The number of likely N-dealkylation sites (tertiary alicyclic amines) is 1. The number of aromatic nitrogens is 3. The van der Waals surface area contributed by atoms with Crippen LogP contribution in [0.5, 0.6) is 5.88 Å². The zero-order valence-corrected chi connectivity index (χ0v) is 15.8. The Labute approximate surface area is 159 Å². The first kappa shape index (κ1) is 18.0. The third-order valence-corrected chi connectivity index (χ3v) is 5.64. The second-order valence-electron chi connectivity index (χ2n) is 6.60. The van der Waals surface area contributed by atoms with Crippen LogP contribution >= 0.6 is 11.3 Å². The number of fused-ring (bicyclic) bond motifs is 1. The van der Waals surface area contributed by atoms with E-state index in [1.54, 1.807) is 11.3 Å². The van der Waals surface area contributed by atoms with Crippen LogP contribution in [0.3, 0.4) is 0 Å². The highest BCUT2D eigenvalue weighted by Crippen LogP contribution is 2.27. The van der Waals surface area contributed by atoms with Crippen LogP contribution < -0.4 is 10.1 Å². The fraction of sp³-hybridized carbons (Fsp3) is 0.389. The van der Waals surface area contributed by atoms with E-state index in [4.69, 9.17) is 4.74 Å². The Kier molecular flexibility index (Phi) is 4.88. The van der Waals surface area contributed by atoms with Gasteiger partial charge in [0.05, 0.1) is 17.2 Å². The molecule has 1 aliphatic rings. The molecule has 0 amide bonds. The monoisotopic (exact) mass is 391 g/mol. The number of hydrogen-bond acceptors (Lipinski definition) is 7. The Hall–Kier alpha value is -2.39. The van der Waals surface area contributed by atoms with Gasteiger partial charge in [0.15, 0.2) is 16.8 Å². The summed E-state index contributed by atoms with van der Waals surface area (Å²) >= 11 is 1.64. The lowest BCUT2D eigenvalue weighted by molar-refractivity contribution is 0.189. The maximum absolute atomic E-state index is 13.4. The molecule has 0 spiro atoms. The first-order valence-electron chi connectivity index (χ1n) is 8.67. The molecular formula is C18H19F2N5OS. The molecule has 6 nitrogen and oxygen atoms in total. The molecule has 3 aromatic rings. The predicted octanol–water partition coefficient (Wildman–Crippen LogP) is 3.45. The van der Waals surface area contributed by atoms with Crippen LogP contribution in [0.1, 0.15) is 18.2 Å². The van der Waals surface area contributed by atoms with Gasteiger partial charge in [-0.1, -0.05) is 0 Å². The van der Waals surface area contributed by atoms with Crippen LogP contribution in [-0.4, -0.2) is 45.6 Å². The van der Waals surface area contributed by atoms with E-state index in [0.29, 0.717) is 17.4 Å². The summed E-state index contributed by atoms with van der Waals surface area (Å²) in [7, 11) is 1.86. The van der Waals surface area contributed by atoms with Crippen molar-refractivity contribution in [2.24, 2.45) is 0 Å². The van der Waals surface area contributed by atoms with Gasteiger partial charge in [0.25, 0.3) is 0 Å². The summed E-state index contributed by atoms with van der Waals surface area (Å²) in [6.07, 6.45) is 4.17. The third-order valence-electron chi connectivity index (χ3n) is 4.64. The normalized spacial score (nSPS) is 20.3. The van der Waals surface area contributed by atoms with E-state index >= 15 is 0 Å². The molecule has 2 aromatic heterocycles. The van der Waals surface area contributed by atoms with Gasteiger partial charge < -0.3 is 10.1 Å². The van der Waals surface area contributed by atoms with Crippen LogP contribution in [0.4, 0.5) is 13.9 Å². The largest absolute Gasteiger partial charge is 0.472 e. The summed E-state index contributed by atoms with van der Waals surface area (Å²) in [5.74, 6) is -1.56. The first-order valence-corrected chi connectivity index (χ1v) is 9.48. The van der Waals surface area contributed by atoms with E-state index in [9.17, 15) is 8.78 Å². The number of rotatable bonds is 5. The lowest BCUT2D eigenvalue weighted by Crippen LogP contribution is -2.27. The molecule has 4 rings (SSSR count). The molecule has 0 bridgehead atoms. The van der Waals surface area contributed by atoms with E-state index in [1.807, 2.05) is 13.2 Å². The van der Waals surface area contributed by atoms with Crippen molar-refractivity contribution in [3.05, 3.63) is 41.0 Å². The average Bonchev–Trinajstić information content (AvgIpc) is 3.23. The molecule has 0 radical (unpaired) electrons. The number of benzene rings is 1. The van der Waals surface area contributed by atoms with E-state index in [0.717, 1.165) is 36.8 Å². The Bertz CT molecular complexity index is 966. The van der Waals surface area contributed by atoms with Crippen LogP contribution in [0.15, 0.2) is 24.5 Å². The Balaban J connectivity index is 1.44. The van der Waals surface area contributed by atoms with Gasteiger partial charge in [0.2, 0.25) is 5.88 Å². The van der Waals surface area contributed by atoms with Crippen molar-refractivity contribution in [3.8, 4) is 5.88 Å². The molecule has 1 fully saturated rings. The predicted molar refractivity (Wildman–Crippen MR) is 100 cm³/mol. The maximum atomic E-state index is 13.4. The van der Waals surface area contributed by atoms with Crippen molar-refractivity contribution in [2.45, 2.75) is 32.0 Å². The summed E-state index contributed by atoms with van der Waals surface area (Å²) < 4.78 is 32.7. The molecule has 27 heavy (non-hydrogen) atoms. The minimum atomic E-state index is -0.944. The van der Waals surface area contributed by atoms with E-state index in [-0.39, 0.29) is 11.6 Å². The lowest BCUT2D eigenvalue weighted by atomic mass is 10.2. The molecule has 2 atom stereocenters. The molecule has 0 aliphatic carbocycles. The molecule has 1 aliphatic heterocycles. The summed E-state index contributed by atoms with van der Waals surface area (Å²) in [6, 6.07) is 2.43. The highest BCUT2D eigenvalue weighted by molar-refractivity contribution is 7.15.